The number of hydrogen-bond acceptors (Lipinski definition) is 4. The molecule has 0 rings (SSSR count). The van der Waals surface area contributed by atoms with Crippen molar-refractivity contribution in [1.29, 1.82) is 0 Å². The molecule has 0 aliphatic heterocycles. The monoisotopic (exact) mass is 368 g/mol. The third-order valence-corrected chi connectivity index (χ3v) is 4.38. The van der Waals surface area contributed by atoms with Gasteiger partial charge in [-0.15, -0.1) is 0 Å². The summed E-state index contributed by atoms with van der Waals surface area (Å²) in [5.74, 6) is -0.654. The first-order valence-electron chi connectivity index (χ1n) is 10.7. The normalized spacial score (nSPS) is 11.8. The van der Waals surface area contributed by atoms with E-state index in [0.717, 1.165) is 64.2 Å². The van der Waals surface area contributed by atoms with Gasteiger partial charge in [0.05, 0.1) is 13.2 Å². The Hall–Kier alpha value is -1.32. The zero-order valence-corrected chi connectivity index (χ0v) is 17.5. The quantitative estimate of drug-likeness (QED) is 0.187. The van der Waals surface area contributed by atoms with E-state index in [4.69, 9.17) is 9.47 Å². The van der Waals surface area contributed by atoms with Crippen LogP contribution in [-0.2, 0) is 19.1 Å². The summed E-state index contributed by atoms with van der Waals surface area (Å²) < 4.78 is 10.9. The van der Waals surface area contributed by atoms with Crippen LogP contribution in [0.15, 0.2) is 11.1 Å². The second-order valence-electron chi connectivity index (χ2n) is 6.85. The Labute approximate surface area is 160 Å². The van der Waals surface area contributed by atoms with E-state index >= 15 is 0 Å². The Balaban J connectivity index is 5.28. The van der Waals surface area contributed by atoms with Gasteiger partial charge in [-0.2, -0.15) is 0 Å². The lowest BCUT2D eigenvalue weighted by Gasteiger charge is -2.15. The topological polar surface area (TPSA) is 52.6 Å². The van der Waals surface area contributed by atoms with E-state index in [9.17, 15) is 9.59 Å². The molecule has 0 atom stereocenters. The van der Waals surface area contributed by atoms with Crippen molar-refractivity contribution >= 4 is 11.9 Å². The van der Waals surface area contributed by atoms with Crippen molar-refractivity contribution in [2.24, 2.45) is 0 Å². The molecule has 0 heterocycles. The second-order valence-corrected chi connectivity index (χ2v) is 6.85. The fourth-order valence-corrected chi connectivity index (χ4v) is 2.63. The predicted molar refractivity (Wildman–Crippen MR) is 107 cm³/mol. The van der Waals surface area contributed by atoms with Crippen LogP contribution in [0.1, 0.15) is 105 Å². The molecule has 0 aliphatic rings. The molecule has 0 saturated heterocycles. The predicted octanol–water partition coefficient (Wildman–Crippen LogP) is 6.13. The molecule has 0 aromatic carbocycles. The summed E-state index contributed by atoms with van der Waals surface area (Å²) in [4.78, 5) is 25.2. The van der Waals surface area contributed by atoms with Crippen molar-refractivity contribution in [2.45, 2.75) is 105 Å². The molecule has 0 aromatic rings. The second kappa shape index (κ2) is 17.1. The molecule has 0 unspecified atom stereocenters. The Morgan fingerprint density at radius 3 is 1.38 bits per heavy atom. The first-order valence-corrected chi connectivity index (χ1v) is 10.7. The minimum Gasteiger partial charge on any atom is -0.462 e. The summed E-state index contributed by atoms with van der Waals surface area (Å²) in [5.41, 5.74) is 1.09. The Bertz CT molecular complexity index is 412. The van der Waals surface area contributed by atoms with Crippen LogP contribution in [0.5, 0.6) is 0 Å². The Morgan fingerprint density at radius 1 is 0.538 bits per heavy atom. The van der Waals surface area contributed by atoms with Crippen LogP contribution < -0.4 is 0 Å². The third-order valence-electron chi connectivity index (χ3n) is 4.38. The molecular formula is C22H40O4. The SMILES string of the molecule is CCCCCCC(C(=O)OCCCC)=C(CCCC)C(=O)OCCCC. The molecular weight excluding hydrogens is 328 g/mol. The number of esters is 2. The van der Waals surface area contributed by atoms with Crippen LogP contribution in [0.3, 0.4) is 0 Å². The summed E-state index contributed by atoms with van der Waals surface area (Å²) in [6.07, 6.45) is 10.9. The zero-order valence-electron chi connectivity index (χ0n) is 17.5. The van der Waals surface area contributed by atoms with Crippen molar-refractivity contribution < 1.29 is 19.1 Å². The van der Waals surface area contributed by atoms with Gasteiger partial charge < -0.3 is 9.47 Å². The van der Waals surface area contributed by atoms with Crippen LogP contribution in [-0.4, -0.2) is 25.2 Å². The molecule has 0 bridgehead atoms. The summed E-state index contributed by atoms with van der Waals surface area (Å²) in [6.45, 7) is 9.20. The van der Waals surface area contributed by atoms with E-state index < -0.39 is 0 Å². The van der Waals surface area contributed by atoms with Gasteiger partial charge in [0.2, 0.25) is 0 Å². The number of rotatable bonds is 16. The smallest absolute Gasteiger partial charge is 0.334 e. The lowest BCUT2D eigenvalue weighted by Crippen LogP contribution is -2.18. The first-order chi connectivity index (χ1) is 12.6. The number of carbonyl (C=O) groups is 2. The third kappa shape index (κ3) is 11.3. The minimum absolute atomic E-state index is 0.325. The number of carbonyl (C=O) groups excluding carboxylic acids is 2. The molecule has 0 saturated carbocycles. The Morgan fingerprint density at radius 2 is 0.962 bits per heavy atom. The highest BCUT2D eigenvalue weighted by atomic mass is 16.5. The van der Waals surface area contributed by atoms with Gasteiger partial charge in [-0.25, -0.2) is 9.59 Å². The van der Waals surface area contributed by atoms with E-state index in [0.29, 0.717) is 37.2 Å². The van der Waals surface area contributed by atoms with Gasteiger partial charge in [0.1, 0.15) is 0 Å². The fraction of sp³-hybridized carbons (Fsp3) is 0.818. The molecule has 0 radical (unpaired) electrons. The minimum atomic E-state index is -0.329. The largest absolute Gasteiger partial charge is 0.462 e. The van der Waals surface area contributed by atoms with Gasteiger partial charge in [-0.3, -0.25) is 0 Å². The Kier molecular flexibility index (Phi) is 16.2. The van der Waals surface area contributed by atoms with E-state index in [1.807, 2.05) is 0 Å². The molecule has 0 N–H and O–H groups in total. The fourth-order valence-electron chi connectivity index (χ4n) is 2.63. The van der Waals surface area contributed by atoms with Gasteiger partial charge in [-0.1, -0.05) is 66.2 Å². The van der Waals surface area contributed by atoms with Crippen LogP contribution in [0, 0.1) is 0 Å². The molecule has 0 spiro atoms. The summed E-state index contributed by atoms with van der Waals surface area (Å²) >= 11 is 0. The maximum atomic E-state index is 12.6. The van der Waals surface area contributed by atoms with E-state index in [1.165, 1.54) is 0 Å². The molecule has 152 valence electrons. The zero-order chi connectivity index (χ0) is 19.6. The van der Waals surface area contributed by atoms with Gasteiger partial charge in [0.15, 0.2) is 0 Å². The first kappa shape index (κ1) is 24.7. The van der Waals surface area contributed by atoms with Crippen molar-refractivity contribution in [1.82, 2.24) is 0 Å². The van der Waals surface area contributed by atoms with Gasteiger partial charge in [-0.05, 0) is 38.5 Å². The van der Waals surface area contributed by atoms with Crippen LogP contribution in [0.4, 0.5) is 0 Å². The average Bonchev–Trinajstić information content (AvgIpc) is 2.63. The van der Waals surface area contributed by atoms with Gasteiger partial charge in [0.25, 0.3) is 0 Å². The van der Waals surface area contributed by atoms with Crippen LogP contribution in [0.25, 0.3) is 0 Å². The maximum Gasteiger partial charge on any atom is 0.334 e. The van der Waals surface area contributed by atoms with Gasteiger partial charge >= 0.3 is 11.9 Å². The summed E-state index contributed by atoms with van der Waals surface area (Å²) in [7, 11) is 0. The van der Waals surface area contributed by atoms with Crippen molar-refractivity contribution in [3.05, 3.63) is 11.1 Å². The highest BCUT2D eigenvalue weighted by Gasteiger charge is 2.22. The van der Waals surface area contributed by atoms with E-state index in [1.54, 1.807) is 0 Å². The number of hydrogen-bond donors (Lipinski definition) is 0. The van der Waals surface area contributed by atoms with Gasteiger partial charge in [0, 0.05) is 11.1 Å². The number of unbranched alkanes of at least 4 members (excludes halogenated alkanes) is 6. The molecule has 0 amide bonds. The maximum absolute atomic E-state index is 12.6. The lowest BCUT2D eigenvalue weighted by atomic mass is 9.97. The molecule has 4 heteroatoms. The molecule has 0 aliphatic carbocycles. The summed E-state index contributed by atoms with van der Waals surface area (Å²) in [6, 6.07) is 0. The molecule has 26 heavy (non-hydrogen) atoms. The van der Waals surface area contributed by atoms with E-state index in [2.05, 4.69) is 27.7 Å². The van der Waals surface area contributed by atoms with Crippen molar-refractivity contribution in [2.75, 3.05) is 13.2 Å². The van der Waals surface area contributed by atoms with Crippen molar-refractivity contribution in [3.8, 4) is 0 Å². The summed E-state index contributed by atoms with van der Waals surface area (Å²) in [5, 5.41) is 0. The van der Waals surface area contributed by atoms with Crippen LogP contribution in [0.2, 0.25) is 0 Å². The lowest BCUT2D eigenvalue weighted by molar-refractivity contribution is -0.142. The molecule has 4 nitrogen and oxygen atoms in total. The standard InChI is InChI=1S/C22H40O4/c1-5-9-13-14-16-20(22(24)26-18-12-8-4)19(15-10-6-2)21(23)25-17-11-7-3/h5-18H2,1-4H3. The highest BCUT2D eigenvalue weighted by molar-refractivity contribution is 6.00. The average molecular weight is 369 g/mol. The highest BCUT2D eigenvalue weighted by Crippen LogP contribution is 2.22. The molecule has 0 fully saturated rings. The number of ether oxygens (including phenoxy) is 2. The van der Waals surface area contributed by atoms with Crippen molar-refractivity contribution in [3.63, 3.8) is 0 Å². The molecule has 0 aromatic heterocycles. The van der Waals surface area contributed by atoms with E-state index in [-0.39, 0.29) is 11.9 Å². The van der Waals surface area contributed by atoms with Crippen LogP contribution >= 0.6 is 0 Å².